The first-order valence-electron chi connectivity index (χ1n) is 6.90. The van der Waals surface area contributed by atoms with Crippen molar-refractivity contribution in [1.82, 2.24) is 10.2 Å². The van der Waals surface area contributed by atoms with Gasteiger partial charge < -0.3 is 25.2 Å². The second kappa shape index (κ2) is 5.57. The van der Waals surface area contributed by atoms with Gasteiger partial charge in [-0.3, -0.25) is 0 Å². The summed E-state index contributed by atoms with van der Waals surface area (Å²) in [6, 6.07) is -1.40. The van der Waals surface area contributed by atoms with E-state index in [0.29, 0.717) is 19.4 Å². The van der Waals surface area contributed by atoms with Crippen LogP contribution in [0.1, 0.15) is 33.1 Å². The molecule has 0 aromatic heterocycles. The number of aliphatic hydroxyl groups excluding tert-OH is 1. The number of β-amino-alcohol motifs (C(OH)–C–C–N with tert-alkyl or cyclic N) is 1. The summed E-state index contributed by atoms with van der Waals surface area (Å²) in [4.78, 5) is 24.5. The first-order chi connectivity index (χ1) is 9.28. The molecular weight excluding hydrogens is 264 g/mol. The molecule has 1 unspecified atom stereocenters. The van der Waals surface area contributed by atoms with Gasteiger partial charge >= 0.3 is 12.0 Å². The van der Waals surface area contributed by atoms with Crippen molar-refractivity contribution in [3.8, 4) is 0 Å². The van der Waals surface area contributed by atoms with E-state index in [4.69, 9.17) is 9.84 Å². The fourth-order valence-electron chi connectivity index (χ4n) is 2.88. The monoisotopic (exact) mass is 286 g/mol. The fraction of sp³-hybridized carbons (Fsp3) is 0.846. The molecule has 2 fully saturated rings. The number of carbonyl (C=O) groups is 2. The Hall–Kier alpha value is -1.34. The minimum Gasteiger partial charge on any atom is -0.480 e. The molecule has 0 aromatic rings. The molecule has 3 atom stereocenters. The van der Waals surface area contributed by atoms with Crippen molar-refractivity contribution in [2.24, 2.45) is 0 Å². The van der Waals surface area contributed by atoms with Gasteiger partial charge in [0.15, 0.2) is 0 Å². The van der Waals surface area contributed by atoms with Crippen LogP contribution in [0.2, 0.25) is 0 Å². The Labute approximate surface area is 117 Å². The smallest absolute Gasteiger partial charge is 0.326 e. The predicted octanol–water partition coefficient (Wildman–Crippen LogP) is 0.173. The molecule has 0 spiro atoms. The number of amides is 2. The highest BCUT2D eigenvalue weighted by Gasteiger charge is 2.40. The van der Waals surface area contributed by atoms with Gasteiger partial charge in [-0.15, -0.1) is 0 Å². The van der Waals surface area contributed by atoms with Gasteiger partial charge in [0.2, 0.25) is 0 Å². The summed E-state index contributed by atoms with van der Waals surface area (Å²) >= 11 is 0. The lowest BCUT2D eigenvalue weighted by Gasteiger charge is -2.36. The van der Waals surface area contributed by atoms with E-state index in [-0.39, 0.29) is 24.6 Å². The van der Waals surface area contributed by atoms with Crippen molar-refractivity contribution >= 4 is 12.0 Å². The van der Waals surface area contributed by atoms with Crippen LogP contribution < -0.4 is 5.32 Å². The van der Waals surface area contributed by atoms with E-state index in [1.54, 1.807) is 0 Å². The van der Waals surface area contributed by atoms with Crippen molar-refractivity contribution in [1.29, 1.82) is 0 Å². The summed E-state index contributed by atoms with van der Waals surface area (Å²) in [5, 5.41) is 21.5. The predicted molar refractivity (Wildman–Crippen MR) is 70.3 cm³/mol. The lowest BCUT2D eigenvalue weighted by Crippen LogP contribution is -2.52. The number of hydrogen-bond acceptors (Lipinski definition) is 4. The van der Waals surface area contributed by atoms with Crippen LogP contribution in [0.4, 0.5) is 4.79 Å². The minimum atomic E-state index is -1.08. The van der Waals surface area contributed by atoms with Crippen LogP contribution in [0.3, 0.4) is 0 Å². The van der Waals surface area contributed by atoms with E-state index < -0.39 is 24.1 Å². The molecule has 0 aromatic carbocycles. The zero-order valence-corrected chi connectivity index (χ0v) is 11.8. The lowest BCUT2D eigenvalue weighted by atomic mass is 9.94. The molecule has 7 heteroatoms. The Bertz CT molecular complexity index is 398. The van der Waals surface area contributed by atoms with Crippen LogP contribution >= 0.6 is 0 Å². The van der Waals surface area contributed by atoms with E-state index >= 15 is 0 Å². The molecule has 3 N–H and O–H groups in total. The van der Waals surface area contributed by atoms with Gasteiger partial charge in [-0.1, -0.05) is 0 Å². The molecule has 20 heavy (non-hydrogen) atoms. The second-order valence-corrected chi connectivity index (χ2v) is 6.14. The van der Waals surface area contributed by atoms with Gasteiger partial charge in [-0.2, -0.15) is 0 Å². The molecule has 0 radical (unpaired) electrons. The van der Waals surface area contributed by atoms with E-state index in [1.165, 1.54) is 4.90 Å². The molecule has 2 saturated heterocycles. The van der Waals surface area contributed by atoms with Crippen molar-refractivity contribution < 1.29 is 24.5 Å². The van der Waals surface area contributed by atoms with Gasteiger partial charge in [0.1, 0.15) is 6.04 Å². The number of carboxylic acids is 1. The molecule has 7 nitrogen and oxygen atoms in total. The van der Waals surface area contributed by atoms with Crippen LogP contribution in [-0.4, -0.2) is 64.1 Å². The average Bonchev–Trinajstić information content (AvgIpc) is 2.70. The van der Waals surface area contributed by atoms with Crippen molar-refractivity contribution in [2.45, 2.75) is 56.9 Å². The highest BCUT2D eigenvalue weighted by molar-refractivity contribution is 5.83. The van der Waals surface area contributed by atoms with E-state index in [9.17, 15) is 14.7 Å². The number of urea groups is 1. The zero-order valence-electron chi connectivity index (χ0n) is 11.8. The SMILES string of the molecule is CC1(C)CC(NC(=O)N2C[C@H](O)C[C@H]2C(=O)O)CCO1. The number of nitrogens with zero attached hydrogens (tertiary/aromatic N) is 1. The molecule has 2 amide bonds. The number of aliphatic carboxylic acids is 1. The molecule has 0 bridgehead atoms. The number of rotatable bonds is 2. The van der Waals surface area contributed by atoms with Gasteiger partial charge in [0.05, 0.1) is 11.7 Å². The molecule has 0 aliphatic carbocycles. The highest BCUT2D eigenvalue weighted by atomic mass is 16.5. The average molecular weight is 286 g/mol. The normalized spacial score (nSPS) is 33.0. The van der Waals surface area contributed by atoms with Crippen molar-refractivity contribution in [2.75, 3.05) is 13.2 Å². The maximum absolute atomic E-state index is 12.2. The standard InChI is InChI=1S/C13H22N2O5/c1-13(2)6-8(3-4-20-13)14-12(19)15-7-9(16)5-10(15)11(17)18/h8-10,16H,3-7H2,1-2H3,(H,14,19)(H,17,18)/t8?,9-,10+/m1/s1. The van der Waals surface area contributed by atoms with Crippen LogP contribution in [0.5, 0.6) is 0 Å². The largest absolute Gasteiger partial charge is 0.480 e. The van der Waals surface area contributed by atoms with E-state index in [1.807, 2.05) is 13.8 Å². The summed E-state index contributed by atoms with van der Waals surface area (Å²) in [5.41, 5.74) is -0.285. The second-order valence-electron chi connectivity index (χ2n) is 6.14. The number of aliphatic hydroxyl groups is 1. The first kappa shape index (κ1) is 15.1. The van der Waals surface area contributed by atoms with Crippen LogP contribution in [0.25, 0.3) is 0 Å². The number of carboxylic acid groups (broad SMARTS) is 1. The summed E-state index contributed by atoms with van der Waals surface area (Å²) in [6.45, 7) is 4.56. The maximum Gasteiger partial charge on any atom is 0.326 e. The Morgan fingerprint density at radius 2 is 2.10 bits per heavy atom. The fourth-order valence-corrected chi connectivity index (χ4v) is 2.88. The Morgan fingerprint density at radius 1 is 1.40 bits per heavy atom. The molecular formula is C13H22N2O5. The summed E-state index contributed by atoms with van der Waals surface area (Å²) < 4.78 is 5.58. The van der Waals surface area contributed by atoms with Gasteiger partial charge in [0.25, 0.3) is 0 Å². The van der Waals surface area contributed by atoms with Crippen LogP contribution in [-0.2, 0) is 9.53 Å². The van der Waals surface area contributed by atoms with Crippen molar-refractivity contribution in [3.05, 3.63) is 0 Å². The van der Waals surface area contributed by atoms with Crippen LogP contribution in [0, 0.1) is 0 Å². The molecule has 2 aliphatic rings. The Balaban J connectivity index is 1.95. The molecule has 114 valence electrons. The topological polar surface area (TPSA) is 99.1 Å². The maximum atomic E-state index is 12.2. The Kier molecular flexibility index (Phi) is 4.19. The number of carbonyl (C=O) groups excluding carboxylic acids is 1. The third kappa shape index (κ3) is 3.40. The summed E-state index contributed by atoms with van der Waals surface area (Å²) in [5.74, 6) is -1.08. The summed E-state index contributed by atoms with van der Waals surface area (Å²) in [6.07, 6.45) is 0.714. The van der Waals surface area contributed by atoms with E-state index in [0.717, 1.165) is 0 Å². The van der Waals surface area contributed by atoms with Gasteiger partial charge in [-0.25, -0.2) is 9.59 Å². The van der Waals surface area contributed by atoms with E-state index in [2.05, 4.69) is 5.32 Å². The Morgan fingerprint density at radius 3 is 2.70 bits per heavy atom. The molecule has 2 heterocycles. The number of hydrogen-bond donors (Lipinski definition) is 3. The number of ether oxygens (including phenoxy) is 1. The third-order valence-corrected chi connectivity index (χ3v) is 3.85. The molecule has 0 saturated carbocycles. The van der Waals surface area contributed by atoms with Gasteiger partial charge in [0, 0.05) is 25.6 Å². The first-order valence-corrected chi connectivity index (χ1v) is 6.90. The van der Waals surface area contributed by atoms with Crippen LogP contribution in [0.15, 0.2) is 0 Å². The third-order valence-electron chi connectivity index (χ3n) is 3.85. The lowest BCUT2D eigenvalue weighted by molar-refractivity contribution is -0.141. The number of likely N-dealkylation sites (tertiary alicyclic amines) is 1. The zero-order chi connectivity index (χ0) is 14.9. The summed E-state index contributed by atoms with van der Waals surface area (Å²) in [7, 11) is 0. The quantitative estimate of drug-likeness (QED) is 0.672. The van der Waals surface area contributed by atoms with Gasteiger partial charge in [-0.05, 0) is 26.7 Å². The molecule has 2 rings (SSSR count). The van der Waals surface area contributed by atoms with Crippen molar-refractivity contribution in [3.63, 3.8) is 0 Å². The number of nitrogens with one attached hydrogen (secondary N) is 1. The highest BCUT2D eigenvalue weighted by Crippen LogP contribution is 2.25. The molecule has 2 aliphatic heterocycles. The minimum absolute atomic E-state index is 0.0292.